The van der Waals surface area contributed by atoms with Crippen molar-refractivity contribution in [2.75, 3.05) is 18.0 Å². The average Bonchev–Trinajstić information content (AvgIpc) is 2.46. The summed E-state index contributed by atoms with van der Waals surface area (Å²) in [7, 11) is 0. The van der Waals surface area contributed by atoms with E-state index in [-0.39, 0.29) is 5.84 Å². The summed E-state index contributed by atoms with van der Waals surface area (Å²) in [6, 6.07) is 1.71. The van der Waals surface area contributed by atoms with Gasteiger partial charge in [-0.25, -0.2) is 4.98 Å². The van der Waals surface area contributed by atoms with Gasteiger partial charge in [-0.3, -0.25) is 5.41 Å². The van der Waals surface area contributed by atoms with Crippen LogP contribution in [0.15, 0.2) is 12.3 Å². The van der Waals surface area contributed by atoms with Gasteiger partial charge in [0.1, 0.15) is 11.7 Å². The summed E-state index contributed by atoms with van der Waals surface area (Å²) in [5.41, 5.74) is 6.16. The van der Waals surface area contributed by atoms with Gasteiger partial charge in [0.15, 0.2) is 0 Å². The van der Waals surface area contributed by atoms with E-state index in [9.17, 15) is 0 Å². The Balaban J connectivity index is 1.83. The molecule has 0 spiro atoms. The smallest absolute Gasteiger partial charge is 0.148 e. The maximum absolute atomic E-state index is 7.58. The van der Waals surface area contributed by atoms with Crippen LogP contribution in [0.1, 0.15) is 37.7 Å². The second-order valence-electron chi connectivity index (χ2n) is 5.95. The van der Waals surface area contributed by atoms with Crippen LogP contribution >= 0.6 is 11.6 Å². The largest absolute Gasteiger partial charge is 0.384 e. The van der Waals surface area contributed by atoms with Gasteiger partial charge >= 0.3 is 0 Å². The maximum atomic E-state index is 7.58. The molecule has 0 amide bonds. The fourth-order valence-corrected chi connectivity index (χ4v) is 3.99. The molecular formula is C15H21ClN4. The number of rotatable bonds is 2. The summed E-state index contributed by atoms with van der Waals surface area (Å²) in [5.74, 6) is 2.46. The first-order valence-corrected chi connectivity index (χ1v) is 7.78. The molecule has 108 valence electrons. The molecule has 4 nitrogen and oxygen atoms in total. The molecule has 20 heavy (non-hydrogen) atoms. The molecule has 1 saturated carbocycles. The number of hydrogen-bond acceptors (Lipinski definition) is 3. The van der Waals surface area contributed by atoms with Crippen LogP contribution in [0.4, 0.5) is 5.82 Å². The van der Waals surface area contributed by atoms with Crippen molar-refractivity contribution in [1.82, 2.24) is 4.98 Å². The highest BCUT2D eigenvalue weighted by molar-refractivity contribution is 6.36. The Bertz CT molecular complexity index is 517. The van der Waals surface area contributed by atoms with Crippen LogP contribution in [0.5, 0.6) is 0 Å². The molecule has 5 heteroatoms. The zero-order chi connectivity index (χ0) is 14.1. The molecule has 3 N–H and O–H groups in total. The van der Waals surface area contributed by atoms with Crippen LogP contribution < -0.4 is 10.6 Å². The number of nitrogens with zero attached hydrogens (tertiary/aromatic N) is 2. The number of nitrogens with one attached hydrogen (secondary N) is 1. The number of aromatic nitrogens is 1. The molecule has 1 saturated heterocycles. The summed E-state index contributed by atoms with van der Waals surface area (Å²) >= 11 is 6.39. The molecule has 2 aliphatic rings. The van der Waals surface area contributed by atoms with E-state index in [2.05, 4.69) is 9.88 Å². The Morgan fingerprint density at radius 3 is 2.80 bits per heavy atom. The minimum absolute atomic E-state index is 0.00574. The van der Waals surface area contributed by atoms with Crippen LogP contribution in [0, 0.1) is 17.2 Å². The highest BCUT2D eigenvalue weighted by Crippen LogP contribution is 2.38. The lowest BCUT2D eigenvalue weighted by atomic mass is 9.75. The predicted octanol–water partition coefficient (Wildman–Crippen LogP) is 3.04. The Morgan fingerprint density at radius 1 is 1.30 bits per heavy atom. The van der Waals surface area contributed by atoms with Crippen molar-refractivity contribution >= 4 is 23.3 Å². The van der Waals surface area contributed by atoms with Crippen molar-refractivity contribution in [1.29, 1.82) is 5.41 Å². The number of anilines is 1. The van der Waals surface area contributed by atoms with Crippen LogP contribution in [0.2, 0.25) is 5.02 Å². The van der Waals surface area contributed by atoms with Gasteiger partial charge in [-0.1, -0.05) is 30.9 Å². The van der Waals surface area contributed by atoms with Crippen LogP contribution in [-0.4, -0.2) is 23.9 Å². The van der Waals surface area contributed by atoms with E-state index < -0.39 is 0 Å². The van der Waals surface area contributed by atoms with Crippen molar-refractivity contribution in [2.24, 2.45) is 17.6 Å². The normalized spacial score (nSPS) is 26.1. The fourth-order valence-electron chi connectivity index (χ4n) is 3.65. The second kappa shape index (κ2) is 5.60. The topological polar surface area (TPSA) is 66.0 Å². The number of hydrogen-bond donors (Lipinski definition) is 2. The van der Waals surface area contributed by atoms with E-state index in [1.165, 1.54) is 32.1 Å². The molecule has 0 bridgehead atoms. The zero-order valence-corrected chi connectivity index (χ0v) is 12.4. The third-order valence-electron chi connectivity index (χ3n) is 4.75. The van der Waals surface area contributed by atoms with Gasteiger partial charge in [0.2, 0.25) is 0 Å². The minimum Gasteiger partial charge on any atom is -0.384 e. The molecule has 2 atom stereocenters. The fraction of sp³-hybridized carbons (Fsp3) is 0.600. The molecule has 1 aliphatic heterocycles. The molecule has 1 aromatic rings. The first-order valence-electron chi connectivity index (χ1n) is 7.40. The number of nitrogens with two attached hydrogens (primary N) is 1. The summed E-state index contributed by atoms with van der Waals surface area (Å²) in [6.07, 6.45) is 8.37. The Hall–Kier alpha value is -1.29. The maximum Gasteiger partial charge on any atom is 0.148 e. The number of halogens is 1. The van der Waals surface area contributed by atoms with Crippen LogP contribution in [-0.2, 0) is 0 Å². The molecule has 3 rings (SSSR count). The van der Waals surface area contributed by atoms with Gasteiger partial charge in [0, 0.05) is 24.8 Å². The Morgan fingerprint density at radius 2 is 2.05 bits per heavy atom. The Kier molecular flexibility index (Phi) is 3.83. The highest BCUT2D eigenvalue weighted by Gasteiger charge is 2.32. The number of fused-ring (bicyclic) bond motifs is 1. The van der Waals surface area contributed by atoms with Gasteiger partial charge in [-0.15, -0.1) is 0 Å². The SMILES string of the molecule is N=C(N)c1ccnc(N2CCC3CCCCC3C2)c1Cl. The molecular weight excluding hydrogens is 272 g/mol. The van der Waals surface area contributed by atoms with Crippen molar-refractivity contribution in [3.05, 3.63) is 22.8 Å². The lowest BCUT2D eigenvalue weighted by molar-refractivity contribution is 0.202. The number of amidine groups is 1. The summed E-state index contributed by atoms with van der Waals surface area (Å²) in [5, 5.41) is 8.10. The van der Waals surface area contributed by atoms with E-state index in [0.29, 0.717) is 10.6 Å². The Labute approximate surface area is 124 Å². The number of nitrogen functional groups attached to an aromatic ring is 1. The first kappa shape index (κ1) is 13.7. The van der Waals surface area contributed by atoms with Gasteiger partial charge in [0.25, 0.3) is 0 Å². The van der Waals surface area contributed by atoms with E-state index in [4.69, 9.17) is 22.7 Å². The molecule has 0 aromatic carbocycles. The van der Waals surface area contributed by atoms with Crippen LogP contribution in [0.25, 0.3) is 0 Å². The average molecular weight is 293 g/mol. The number of pyridine rings is 1. The van der Waals surface area contributed by atoms with E-state index in [1.54, 1.807) is 12.3 Å². The monoisotopic (exact) mass is 292 g/mol. The van der Waals surface area contributed by atoms with E-state index in [0.717, 1.165) is 30.7 Å². The molecule has 0 radical (unpaired) electrons. The van der Waals surface area contributed by atoms with Crippen molar-refractivity contribution < 1.29 is 0 Å². The van der Waals surface area contributed by atoms with Gasteiger partial charge in [-0.05, 0) is 30.7 Å². The highest BCUT2D eigenvalue weighted by atomic mass is 35.5. The predicted molar refractivity (Wildman–Crippen MR) is 82.5 cm³/mol. The van der Waals surface area contributed by atoms with Crippen molar-refractivity contribution in [3.8, 4) is 0 Å². The zero-order valence-electron chi connectivity index (χ0n) is 11.6. The van der Waals surface area contributed by atoms with E-state index in [1.807, 2.05) is 0 Å². The van der Waals surface area contributed by atoms with Gasteiger partial charge in [0.05, 0.1) is 5.02 Å². The van der Waals surface area contributed by atoms with Gasteiger partial charge in [-0.2, -0.15) is 0 Å². The quantitative estimate of drug-likeness (QED) is 0.650. The lowest BCUT2D eigenvalue weighted by Crippen LogP contribution is -2.42. The third-order valence-corrected chi connectivity index (χ3v) is 5.12. The molecule has 1 aromatic heterocycles. The molecule has 1 aliphatic carbocycles. The molecule has 2 fully saturated rings. The minimum atomic E-state index is 0.00574. The lowest BCUT2D eigenvalue weighted by Gasteiger charge is -2.42. The standard InChI is InChI=1S/C15H21ClN4/c16-13-12(14(17)18)5-7-19-15(13)20-8-6-10-3-1-2-4-11(10)9-20/h5,7,10-11H,1-4,6,8-9H2,(H3,17,18). The molecule has 2 unspecified atom stereocenters. The number of piperidine rings is 1. The summed E-state index contributed by atoms with van der Waals surface area (Å²) < 4.78 is 0. The second-order valence-corrected chi connectivity index (χ2v) is 6.33. The van der Waals surface area contributed by atoms with Gasteiger partial charge < -0.3 is 10.6 Å². The summed E-state index contributed by atoms with van der Waals surface area (Å²) in [6.45, 7) is 2.05. The first-order chi connectivity index (χ1) is 9.66. The summed E-state index contributed by atoms with van der Waals surface area (Å²) in [4.78, 5) is 6.70. The van der Waals surface area contributed by atoms with Crippen molar-refractivity contribution in [3.63, 3.8) is 0 Å². The van der Waals surface area contributed by atoms with Crippen molar-refractivity contribution in [2.45, 2.75) is 32.1 Å². The van der Waals surface area contributed by atoms with E-state index >= 15 is 0 Å². The molecule has 2 heterocycles. The third kappa shape index (κ3) is 2.49. The van der Waals surface area contributed by atoms with Crippen LogP contribution in [0.3, 0.4) is 0 Å².